The van der Waals surface area contributed by atoms with Crippen LogP contribution in [0.4, 0.5) is 0 Å². The lowest BCUT2D eigenvalue weighted by molar-refractivity contribution is 0.0925. The predicted molar refractivity (Wildman–Crippen MR) is 93.7 cm³/mol. The van der Waals surface area contributed by atoms with Crippen molar-refractivity contribution < 1.29 is 4.79 Å². The van der Waals surface area contributed by atoms with Crippen molar-refractivity contribution in [3.05, 3.63) is 23.0 Å². The summed E-state index contributed by atoms with van der Waals surface area (Å²) in [6.45, 7) is 4.24. The number of hydrogen-bond donors (Lipinski definition) is 2. The number of aromatic nitrogens is 1. The molecule has 4 heteroatoms. The van der Waals surface area contributed by atoms with Gasteiger partial charge in [-0.25, -0.2) is 0 Å². The highest BCUT2D eigenvalue weighted by molar-refractivity contribution is 5.95. The van der Waals surface area contributed by atoms with Crippen molar-refractivity contribution in [3.8, 4) is 0 Å². The Kier molecular flexibility index (Phi) is 5.10. The van der Waals surface area contributed by atoms with Crippen LogP contribution in [-0.2, 0) is 0 Å². The Hall–Kier alpha value is -1.29. The van der Waals surface area contributed by atoms with E-state index in [1.807, 2.05) is 0 Å². The van der Waals surface area contributed by atoms with E-state index in [1.54, 1.807) is 0 Å². The number of nitrogens with two attached hydrogens (primary N) is 1. The van der Waals surface area contributed by atoms with Gasteiger partial charge < -0.3 is 15.6 Å². The molecule has 0 spiro atoms. The van der Waals surface area contributed by atoms with Crippen LogP contribution in [0.3, 0.4) is 0 Å². The molecule has 0 atom stereocenters. The van der Waals surface area contributed by atoms with Crippen LogP contribution in [-0.4, -0.2) is 22.6 Å². The first-order valence-corrected chi connectivity index (χ1v) is 9.31. The zero-order chi connectivity index (χ0) is 16.4. The molecule has 0 bridgehead atoms. The maximum atomic E-state index is 12.7. The summed E-state index contributed by atoms with van der Waals surface area (Å²) in [4.78, 5) is 12.7. The number of nitrogens with zero attached hydrogens (tertiary/aromatic N) is 1. The molecule has 2 aliphatic carbocycles. The highest BCUT2D eigenvalue weighted by Gasteiger charge is 2.25. The third kappa shape index (κ3) is 3.63. The molecule has 2 fully saturated rings. The molecule has 1 aromatic heterocycles. The normalized spacial score (nSPS) is 26.2. The van der Waals surface area contributed by atoms with E-state index in [0.717, 1.165) is 36.9 Å². The number of nitrogens with one attached hydrogen (secondary N) is 1. The van der Waals surface area contributed by atoms with Gasteiger partial charge >= 0.3 is 0 Å². The Bertz CT molecular complexity index is 549. The first-order valence-electron chi connectivity index (χ1n) is 9.31. The van der Waals surface area contributed by atoms with E-state index < -0.39 is 0 Å². The molecular formula is C19H31N3O. The molecular weight excluding hydrogens is 286 g/mol. The highest BCUT2D eigenvalue weighted by atomic mass is 16.1. The van der Waals surface area contributed by atoms with Crippen LogP contribution in [0.1, 0.15) is 85.6 Å². The summed E-state index contributed by atoms with van der Waals surface area (Å²) < 4.78 is 2.41. The average molecular weight is 317 g/mol. The van der Waals surface area contributed by atoms with E-state index >= 15 is 0 Å². The van der Waals surface area contributed by atoms with Gasteiger partial charge in [0.05, 0.1) is 5.56 Å². The van der Waals surface area contributed by atoms with Gasteiger partial charge in [0.1, 0.15) is 0 Å². The van der Waals surface area contributed by atoms with Crippen molar-refractivity contribution in [2.45, 2.75) is 89.8 Å². The van der Waals surface area contributed by atoms with E-state index in [2.05, 4.69) is 29.8 Å². The minimum Gasteiger partial charge on any atom is -0.349 e. The molecule has 3 rings (SSSR count). The number of amides is 1. The minimum absolute atomic E-state index is 0.0978. The fourth-order valence-corrected chi connectivity index (χ4v) is 4.43. The van der Waals surface area contributed by atoms with E-state index in [4.69, 9.17) is 5.73 Å². The van der Waals surface area contributed by atoms with Gasteiger partial charge in [-0.05, 0) is 58.4 Å². The first kappa shape index (κ1) is 16.6. The van der Waals surface area contributed by atoms with Crippen LogP contribution >= 0.6 is 0 Å². The van der Waals surface area contributed by atoms with Crippen molar-refractivity contribution in [2.24, 2.45) is 5.73 Å². The second kappa shape index (κ2) is 7.08. The molecule has 4 nitrogen and oxygen atoms in total. The summed E-state index contributed by atoms with van der Waals surface area (Å²) in [6.07, 6.45) is 10.5. The van der Waals surface area contributed by atoms with Gasteiger partial charge in [0, 0.05) is 29.5 Å². The van der Waals surface area contributed by atoms with Crippen LogP contribution < -0.4 is 11.1 Å². The van der Waals surface area contributed by atoms with Crippen molar-refractivity contribution in [1.82, 2.24) is 9.88 Å². The maximum Gasteiger partial charge on any atom is 0.253 e. The molecule has 0 radical (unpaired) electrons. The molecule has 0 aromatic carbocycles. The van der Waals surface area contributed by atoms with Crippen LogP contribution in [0.25, 0.3) is 0 Å². The Morgan fingerprint density at radius 2 is 1.74 bits per heavy atom. The van der Waals surface area contributed by atoms with Crippen molar-refractivity contribution in [2.75, 3.05) is 0 Å². The van der Waals surface area contributed by atoms with Gasteiger partial charge in [-0.15, -0.1) is 0 Å². The van der Waals surface area contributed by atoms with Crippen molar-refractivity contribution in [3.63, 3.8) is 0 Å². The molecule has 0 saturated heterocycles. The number of hydrogen-bond acceptors (Lipinski definition) is 2. The summed E-state index contributed by atoms with van der Waals surface area (Å²) >= 11 is 0. The molecule has 23 heavy (non-hydrogen) atoms. The van der Waals surface area contributed by atoms with Crippen LogP contribution in [0.15, 0.2) is 6.07 Å². The van der Waals surface area contributed by atoms with Crippen LogP contribution in [0.2, 0.25) is 0 Å². The van der Waals surface area contributed by atoms with Gasteiger partial charge in [-0.3, -0.25) is 4.79 Å². The molecule has 1 aromatic rings. The molecule has 0 aliphatic heterocycles. The number of rotatable bonds is 3. The lowest BCUT2D eigenvalue weighted by atomic mass is 9.91. The quantitative estimate of drug-likeness (QED) is 0.894. The van der Waals surface area contributed by atoms with Crippen LogP contribution in [0.5, 0.6) is 0 Å². The largest absolute Gasteiger partial charge is 0.349 e. The first-order chi connectivity index (χ1) is 11.1. The van der Waals surface area contributed by atoms with E-state index in [9.17, 15) is 4.79 Å². The molecule has 3 N–H and O–H groups in total. The zero-order valence-electron chi connectivity index (χ0n) is 14.6. The predicted octanol–water partition coefficient (Wildman–Crippen LogP) is 3.61. The third-order valence-electron chi connectivity index (χ3n) is 5.78. The zero-order valence-corrected chi connectivity index (χ0v) is 14.6. The van der Waals surface area contributed by atoms with Gasteiger partial charge in [0.25, 0.3) is 5.91 Å². The van der Waals surface area contributed by atoms with Crippen molar-refractivity contribution in [1.29, 1.82) is 0 Å². The third-order valence-corrected chi connectivity index (χ3v) is 5.78. The second-order valence-corrected chi connectivity index (χ2v) is 7.53. The summed E-state index contributed by atoms with van der Waals surface area (Å²) in [5.74, 6) is 0.0978. The highest BCUT2D eigenvalue weighted by Crippen LogP contribution is 2.32. The summed E-state index contributed by atoms with van der Waals surface area (Å²) in [7, 11) is 0. The Morgan fingerprint density at radius 1 is 1.09 bits per heavy atom. The monoisotopic (exact) mass is 317 g/mol. The number of aryl methyl sites for hydroxylation is 1. The van der Waals surface area contributed by atoms with E-state index in [-0.39, 0.29) is 5.91 Å². The smallest absolute Gasteiger partial charge is 0.253 e. The minimum atomic E-state index is 0.0978. The van der Waals surface area contributed by atoms with Crippen LogP contribution in [0, 0.1) is 13.8 Å². The summed E-state index contributed by atoms with van der Waals surface area (Å²) in [5, 5.41) is 3.23. The molecule has 1 heterocycles. The van der Waals surface area contributed by atoms with Gasteiger partial charge in [0.15, 0.2) is 0 Å². The topological polar surface area (TPSA) is 60.1 Å². The van der Waals surface area contributed by atoms with Crippen molar-refractivity contribution >= 4 is 5.91 Å². The average Bonchev–Trinajstić information content (AvgIpc) is 2.85. The Balaban J connectivity index is 1.71. The van der Waals surface area contributed by atoms with Gasteiger partial charge in [-0.1, -0.05) is 19.3 Å². The molecule has 1 amide bonds. The summed E-state index contributed by atoms with van der Waals surface area (Å²) in [5.41, 5.74) is 9.18. The Labute approximate surface area is 139 Å². The van der Waals surface area contributed by atoms with Gasteiger partial charge in [0.2, 0.25) is 0 Å². The number of carbonyl (C=O) groups is 1. The van der Waals surface area contributed by atoms with Gasteiger partial charge in [-0.2, -0.15) is 0 Å². The Morgan fingerprint density at radius 3 is 2.39 bits per heavy atom. The lowest BCUT2D eigenvalue weighted by Crippen LogP contribution is -2.40. The fraction of sp³-hybridized carbons (Fsp3) is 0.737. The number of carbonyl (C=O) groups excluding carboxylic acids is 1. The second-order valence-electron chi connectivity index (χ2n) is 7.53. The fourth-order valence-electron chi connectivity index (χ4n) is 4.43. The maximum absolute atomic E-state index is 12.7. The summed E-state index contributed by atoms with van der Waals surface area (Å²) in [6, 6.07) is 3.27. The standard InChI is InChI=1S/C19H31N3O/c1-13-12-18(14(2)22(13)17-6-4-3-5-7-17)19(23)21-16-10-8-15(20)9-11-16/h12,15-17H,3-11,20H2,1-2H3,(H,21,23). The molecule has 0 unspecified atom stereocenters. The van der Waals surface area contributed by atoms with E-state index in [1.165, 1.54) is 37.8 Å². The lowest BCUT2D eigenvalue weighted by Gasteiger charge is -2.27. The molecule has 2 saturated carbocycles. The van der Waals surface area contributed by atoms with E-state index in [0.29, 0.717) is 18.1 Å². The molecule has 128 valence electrons. The molecule has 2 aliphatic rings. The SMILES string of the molecule is Cc1cc(C(=O)NC2CCC(N)CC2)c(C)n1C1CCCCC1.